The number of nitrogens with one attached hydrogen (secondary N) is 1. The number of oxazole rings is 1. The van der Waals surface area contributed by atoms with Gasteiger partial charge in [0.05, 0.1) is 0 Å². The van der Waals surface area contributed by atoms with Gasteiger partial charge in [-0.1, -0.05) is 12.8 Å². The van der Waals surface area contributed by atoms with E-state index in [4.69, 9.17) is 4.42 Å². The smallest absolute Gasteiger partial charge is 0.317 e. The van der Waals surface area contributed by atoms with E-state index >= 15 is 0 Å². The highest BCUT2D eigenvalue weighted by Gasteiger charge is 2.25. The third-order valence-electron chi connectivity index (χ3n) is 5.49. The van der Waals surface area contributed by atoms with Gasteiger partial charge in [0.1, 0.15) is 5.52 Å². The molecule has 3 amide bonds. The van der Waals surface area contributed by atoms with Crippen LogP contribution in [0.2, 0.25) is 0 Å². The van der Waals surface area contributed by atoms with Crippen molar-refractivity contribution in [2.45, 2.75) is 45.1 Å². The molecule has 0 bridgehead atoms. The lowest BCUT2D eigenvalue weighted by molar-refractivity contribution is 0.0762. The van der Waals surface area contributed by atoms with Gasteiger partial charge in [0.2, 0.25) is 0 Å². The number of amides is 3. The van der Waals surface area contributed by atoms with Crippen LogP contribution in [0, 0.1) is 6.92 Å². The molecule has 4 rings (SSSR count). The van der Waals surface area contributed by atoms with Crippen LogP contribution in [-0.2, 0) is 0 Å². The van der Waals surface area contributed by atoms with E-state index in [0.29, 0.717) is 54.8 Å². The van der Waals surface area contributed by atoms with Crippen LogP contribution in [0.3, 0.4) is 0 Å². The molecule has 2 aliphatic rings. The van der Waals surface area contributed by atoms with Gasteiger partial charge in [0.15, 0.2) is 11.5 Å². The van der Waals surface area contributed by atoms with Gasteiger partial charge >= 0.3 is 6.03 Å². The highest BCUT2D eigenvalue weighted by Crippen LogP contribution is 2.20. The summed E-state index contributed by atoms with van der Waals surface area (Å²) in [6.07, 6.45) is 5.34. The Morgan fingerprint density at radius 2 is 1.81 bits per heavy atom. The molecular weight excluding hydrogens is 344 g/mol. The van der Waals surface area contributed by atoms with Gasteiger partial charge < -0.3 is 19.5 Å². The van der Waals surface area contributed by atoms with E-state index in [-0.39, 0.29) is 11.9 Å². The quantitative estimate of drug-likeness (QED) is 0.882. The Morgan fingerprint density at radius 3 is 2.63 bits per heavy atom. The lowest BCUT2D eigenvalue weighted by atomic mass is 10.1. The average Bonchev–Trinajstić information content (AvgIpc) is 3.21. The van der Waals surface area contributed by atoms with Crippen molar-refractivity contribution in [1.29, 1.82) is 0 Å². The number of hydrogen-bond donors (Lipinski definition) is 1. The van der Waals surface area contributed by atoms with E-state index in [1.54, 1.807) is 25.1 Å². The van der Waals surface area contributed by atoms with Crippen LogP contribution in [0.4, 0.5) is 4.79 Å². The van der Waals surface area contributed by atoms with Crippen LogP contribution in [0.5, 0.6) is 0 Å². The van der Waals surface area contributed by atoms with Crippen molar-refractivity contribution >= 4 is 23.0 Å². The highest BCUT2D eigenvalue weighted by atomic mass is 16.3. The number of fused-ring (bicyclic) bond motifs is 1. The summed E-state index contributed by atoms with van der Waals surface area (Å²) in [7, 11) is 0. The second kappa shape index (κ2) is 7.58. The second-order valence-corrected chi connectivity index (χ2v) is 7.48. The maximum absolute atomic E-state index is 12.9. The Bertz CT molecular complexity index is 841. The fourth-order valence-corrected chi connectivity index (χ4v) is 4.02. The van der Waals surface area contributed by atoms with Gasteiger partial charge in [-0.15, -0.1) is 0 Å². The maximum Gasteiger partial charge on any atom is 0.317 e. The molecule has 0 radical (unpaired) electrons. The predicted octanol–water partition coefficient (Wildman–Crippen LogP) is 2.94. The predicted molar refractivity (Wildman–Crippen MR) is 102 cm³/mol. The zero-order valence-corrected chi connectivity index (χ0v) is 15.7. The molecule has 7 nitrogen and oxygen atoms in total. The first kappa shape index (κ1) is 17.8. The SMILES string of the molecule is Cc1nc2cc(C(=O)N3CCCN(C(=O)NC4CCCC4)CC3)ccc2o1. The normalized spacial score (nSPS) is 18.7. The van der Waals surface area contributed by atoms with Crippen molar-refractivity contribution in [3.8, 4) is 0 Å². The molecule has 0 unspecified atom stereocenters. The van der Waals surface area contributed by atoms with Crippen molar-refractivity contribution in [2.24, 2.45) is 0 Å². The van der Waals surface area contributed by atoms with E-state index in [9.17, 15) is 9.59 Å². The molecule has 27 heavy (non-hydrogen) atoms. The lowest BCUT2D eigenvalue weighted by Crippen LogP contribution is -2.45. The summed E-state index contributed by atoms with van der Waals surface area (Å²) < 4.78 is 5.48. The third-order valence-corrected chi connectivity index (χ3v) is 5.49. The summed E-state index contributed by atoms with van der Waals surface area (Å²) in [5, 5.41) is 3.14. The first-order valence-electron chi connectivity index (χ1n) is 9.82. The van der Waals surface area contributed by atoms with Crippen LogP contribution in [0.15, 0.2) is 22.6 Å². The van der Waals surface area contributed by atoms with Gasteiger partial charge in [-0.05, 0) is 37.5 Å². The largest absolute Gasteiger partial charge is 0.441 e. The second-order valence-electron chi connectivity index (χ2n) is 7.48. The van der Waals surface area contributed by atoms with Crippen molar-refractivity contribution in [2.75, 3.05) is 26.2 Å². The average molecular weight is 370 g/mol. The van der Waals surface area contributed by atoms with E-state index in [0.717, 1.165) is 19.3 Å². The monoisotopic (exact) mass is 370 g/mol. The van der Waals surface area contributed by atoms with E-state index in [1.807, 2.05) is 9.80 Å². The van der Waals surface area contributed by atoms with Gasteiger partial charge in [0, 0.05) is 44.7 Å². The van der Waals surface area contributed by atoms with Crippen LogP contribution in [0.1, 0.15) is 48.4 Å². The van der Waals surface area contributed by atoms with Gasteiger partial charge in [0.25, 0.3) is 5.91 Å². The summed E-state index contributed by atoms with van der Waals surface area (Å²) in [6, 6.07) is 5.68. The van der Waals surface area contributed by atoms with E-state index in [2.05, 4.69) is 10.3 Å². The minimum atomic E-state index is -0.0180. The van der Waals surface area contributed by atoms with Crippen molar-refractivity contribution in [3.63, 3.8) is 0 Å². The molecule has 1 saturated heterocycles. The Kier molecular flexibility index (Phi) is 5.01. The van der Waals surface area contributed by atoms with Crippen molar-refractivity contribution < 1.29 is 14.0 Å². The molecule has 1 aliphatic carbocycles. The molecule has 2 heterocycles. The Hall–Kier alpha value is -2.57. The summed E-state index contributed by atoms with van der Waals surface area (Å²) in [5.41, 5.74) is 2.00. The van der Waals surface area contributed by atoms with Gasteiger partial charge in [-0.3, -0.25) is 4.79 Å². The van der Waals surface area contributed by atoms with Crippen molar-refractivity contribution in [1.82, 2.24) is 20.1 Å². The molecule has 2 aromatic rings. The van der Waals surface area contributed by atoms with Crippen LogP contribution < -0.4 is 5.32 Å². The number of aryl methyl sites for hydroxylation is 1. The minimum Gasteiger partial charge on any atom is -0.441 e. The molecule has 0 spiro atoms. The molecule has 144 valence electrons. The van der Waals surface area contributed by atoms with Gasteiger partial charge in [-0.2, -0.15) is 0 Å². The number of carbonyl (C=O) groups excluding carboxylic acids is 2. The zero-order valence-electron chi connectivity index (χ0n) is 15.7. The molecule has 1 N–H and O–H groups in total. The standard InChI is InChI=1S/C20H26N4O3/c1-14-21-17-13-15(7-8-18(17)27-14)19(25)23-9-4-10-24(12-11-23)20(26)22-16-5-2-3-6-16/h7-8,13,16H,2-6,9-12H2,1H3,(H,22,26). The van der Waals surface area contributed by atoms with Crippen LogP contribution in [-0.4, -0.2) is 58.9 Å². The fraction of sp³-hybridized carbons (Fsp3) is 0.550. The summed E-state index contributed by atoms with van der Waals surface area (Å²) in [6.45, 7) is 4.25. The van der Waals surface area contributed by atoms with Crippen molar-refractivity contribution in [3.05, 3.63) is 29.7 Å². The van der Waals surface area contributed by atoms with Crippen LogP contribution in [0.25, 0.3) is 11.1 Å². The molecule has 0 atom stereocenters. The molecule has 1 aromatic heterocycles. The number of aromatic nitrogens is 1. The number of carbonyl (C=O) groups is 2. The molecule has 2 fully saturated rings. The topological polar surface area (TPSA) is 78.7 Å². The first-order valence-corrected chi connectivity index (χ1v) is 9.82. The number of nitrogens with zero attached hydrogens (tertiary/aromatic N) is 3. The van der Waals surface area contributed by atoms with Gasteiger partial charge in [-0.25, -0.2) is 9.78 Å². The van der Waals surface area contributed by atoms with E-state index in [1.165, 1.54) is 12.8 Å². The molecule has 1 aromatic carbocycles. The number of rotatable bonds is 2. The first-order chi connectivity index (χ1) is 13.1. The van der Waals surface area contributed by atoms with Crippen LogP contribution >= 0.6 is 0 Å². The number of benzene rings is 1. The summed E-state index contributed by atoms with van der Waals surface area (Å²) >= 11 is 0. The Balaban J connectivity index is 1.39. The highest BCUT2D eigenvalue weighted by molar-refractivity contribution is 5.97. The summed E-state index contributed by atoms with van der Waals surface area (Å²) in [4.78, 5) is 33.4. The number of hydrogen-bond acceptors (Lipinski definition) is 4. The lowest BCUT2D eigenvalue weighted by Gasteiger charge is -2.24. The third kappa shape index (κ3) is 3.91. The molecule has 7 heteroatoms. The molecule has 1 aliphatic heterocycles. The minimum absolute atomic E-state index is 0.00990. The Morgan fingerprint density at radius 1 is 1.07 bits per heavy atom. The zero-order chi connectivity index (χ0) is 18.8. The fourth-order valence-electron chi connectivity index (χ4n) is 4.02. The number of urea groups is 1. The molecular formula is C20H26N4O3. The van der Waals surface area contributed by atoms with E-state index < -0.39 is 0 Å². The molecule has 1 saturated carbocycles. The Labute approximate surface area is 158 Å². The summed E-state index contributed by atoms with van der Waals surface area (Å²) in [5.74, 6) is 0.573. The maximum atomic E-state index is 12.9.